The van der Waals surface area contributed by atoms with Crippen molar-refractivity contribution in [1.82, 2.24) is 10.6 Å². The van der Waals surface area contributed by atoms with Gasteiger partial charge in [-0.05, 0) is 45.4 Å². The number of benzene rings is 1. The topological polar surface area (TPSA) is 76.7 Å². The number of nitrogens with one attached hydrogen (secondary N) is 2. The van der Waals surface area contributed by atoms with Crippen LogP contribution in [0, 0.1) is 5.82 Å². The second-order valence-corrected chi connectivity index (χ2v) is 7.72. The standard InChI is InChI=1S/C18H26BrFN2O4/c1-6-16(23)21-9-12-7-15(14(20)8-13(12)19)25-10-11(2)22-17(24)26-18(3,4)5/h7-8,11H,6,9-10H2,1-5H3,(H,21,23)(H,22,24)/t11-/m0/s1. The van der Waals surface area contributed by atoms with Crippen molar-refractivity contribution >= 4 is 27.9 Å². The molecule has 0 saturated carbocycles. The molecule has 0 spiro atoms. The Kier molecular flexibility index (Phi) is 8.33. The maximum atomic E-state index is 14.1. The Morgan fingerprint density at radius 1 is 1.31 bits per heavy atom. The van der Waals surface area contributed by atoms with Crippen LogP contribution in [0.5, 0.6) is 5.75 Å². The Balaban J connectivity index is 2.65. The van der Waals surface area contributed by atoms with Crippen molar-refractivity contribution in [1.29, 1.82) is 0 Å². The fourth-order valence-electron chi connectivity index (χ4n) is 1.90. The number of halogens is 2. The Bertz CT molecular complexity index is 647. The molecule has 1 atom stereocenters. The molecule has 2 N–H and O–H groups in total. The van der Waals surface area contributed by atoms with Gasteiger partial charge in [0.2, 0.25) is 5.91 Å². The average Bonchev–Trinajstić information content (AvgIpc) is 2.50. The Morgan fingerprint density at radius 2 is 1.96 bits per heavy atom. The third kappa shape index (κ3) is 8.03. The highest BCUT2D eigenvalue weighted by atomic mass is 79.9. The van der Waals surface area contributed by atoms with Gasteiger partial charge in [0.15, 0.2) is 11.6 Å². The zero-order valence-electron chi connectivity index (χ0n) is 15.7. The van der Waals surface area contributed by atoms with E-state index in [4.69, 9.17) is 9.47 Å². The molecule has 0 aliphatic rings. The summed E-state index contributed by atoms with van der Waals surface area (Å²) in [6.45, 7) is 9.11. The van der Waals surface area contributed by atoms with Crippen LogP contribution in [0.2, 0.25) is 0 Å². The first-order valence-electron chi connectivity index (χ1n) is 8.38. The second-order valence-electron chi connectivity index (χ2n) is 6.86. The molecular formula is C18H26BrFN2O4. The number of carbonyl (C=O) groups is 2. The fourth-order valence-corrected chi connectivity index (χ4v) is 2.36. The molecule has 0 heterocycles. The first-order chi connectivity index (χ1) is 12.0. The summed E-state index contributed by atoms with van der Waals surface area (Å²) >= 11 is 3.27. The zero-order chi connectivity index (χ0) is 19.9. The van der Waals surface area contributed by atoms with Crippen LogP contribution in [0.25, 0.3) is 0 Å². The van der Waals surface area contributed by atoms with E-state index in [9.17, 15) is 14.0 Å². The van der Waals surface area contributed by atoms with Gasteiger partial charge >= 0.3 is 6.09 Å². The van der Waals surface area contributed by atoms with Crippen LogP contribution in [0.1, 0.15) is 46.6 Å². The molecule has 26 heavy (non-hydrogen) atoms. The molecule has 0 unspecified atom stereocenters. The predicted octanol–water partition coefficient (Wildman–Crippen LogP) is 3.91. The molecule has 2 amide bonds. The molecule has 1 aromatic carbocycles. The molecule has 0 fully saturated rings. The van der Waals surface area contributed by atoms with E-state index in [-0.39, 0.29) is 30.9 Å². The summed E-state index contributed by atoms with van der Waals surface area (Å²) in [4.78, 5) is 23.1. The van der Waals surface area contributed by atoms with Gasteiger partial charge in [0.25, 0.3) is 0 Å². The van der Waals surface area contributed by atoms with Crippen molar-refractivity contribution in [3.05, 3.63) is 28.0 Å². The van der Waals surface area contributed by atoms with E-state index in [0.29, 0.717) is 16.5 Å². The smallest absolute Gasteiger partial charge is 0.407 e. The van der Waals surface area contributed by atoms with Crippen LogP contribution >= 0.6 is 15.9 Å². The lowest BCUT2D eigenvalue weighted by atomic mass is 10.2. The van der Waals surface area contributed by atoms with E-state index in [1.165, 1.54) is 12.1 Å². The number of ether oxygens (including phenoxy) is 2. The van der Waals surface area contributed by atoms with Crippen LogP contribution in [-0.4, -0.2) is 30.3 Å². The summed E-state index contributed by atoms with van der Waals surface area (Å²) < 4.78 is 25.3. The summed E-state index contributed by atoms with van der Waals surface area (Å²) in [6, 6.07) is 2.43. The molecule has 0 aliphatic heterocycles. The van der Waals surface area contributed by atoms with Gasteiger partial charge in [-0.25, -0.2) is 9.18 Å². The first kappa shape index (κ1) is 22.2. The van der Waals surface area contributed by atoms with Crippen molar-refractivity contribution in [3.63, 3.8) is 0 Å². The number of rotatable bonds is 7. The zero-order valence-corrected chi connectivity index (χ0v) is 17.3. The van der Waals surface area contributed by atoms with Gasteiger partial charge in [0.1, 0.15) is 12.2 Å². The monoisotopic (exact) mass is 432 g/mol. The lowest BCUT2D eigenvalue weighted by molar-refractivity contribution is -0.120. The van der Waals surface area contributed by atoms with E-state index in [1.54, 1.807) is 34.6 Å². The Labute approximate surface area is 161 Å². The summed E-state index contributed by atoms with van der Waals surface area (Å²) in [5.74, 6) is -0.586. The quantitative estimate of drug-likeness (QED) is 0.684. The number of carbonyl (C=O) groups excluding carboxylic acids is 2. The van der Waals surface area contributed by atoms with Crippen LogP contribution in [0.4, 0.5) is 9.18 Å². The molecule has 1 aromatic rings. The predicted molar refractivity (Wildman–Crippen MR) is 101 cm³/mol. The molecular weight excluding hydrogens is 407 g/mol. The highest BCUT2D eigenvalue weighted by Gasteiger charge is 2.18. The molecule has 0 radical (unpaired) electrons. The molecule has 6 nitrogen and oxygen atoms in total. The summed E-state index contributed by atoms with van der Waals surface area (Å²) in [7, 11) is 0. The number of hydrogen-bond acceptors (Lipinski definition) is 4. The largest absolute Gasteiger partial charge is 0.488 e. The molecule has 146 valence electrons. The van der Waals surface area contributed by atoms with Crippen molar-refractivity contribution in [2.45, 2.75) is 59.2 Å². The van der Waals surface area contributed by atoms with E-state index in [2.05, 4.69) is 26.6 Å². The van der Waals surface area contributed by atoms with E-state index in [0.717, 1.165) is 0 Å². The number of alkyl carbamates (subject to hydrolysis) is 1. The van der Waals surface area contributed by atoms with Gasteiger partial charge in [-0.15, -0.1) is 0 Å². The minimum atomic E-state index is -0.597. The molecule has 0 aromatic heterocycles. The minimum Gasteiger partial charge on any atom is -0.488 e. The van der Waals surface area contributed by atoms with Crippen molar-refractivity contribution in [3.8, 4) is 5.75 Å². The lowest BCUT2D eigenvalue weighted by Crippen LogP contribution is -2.40. The highest BCUT2D eigenvalue weighted by Crippen LogP contribution is 2.26. The minimum absolute atomic E-state index is 0.0480. The van der Waals surface area contributed by atoms with E-state index < -0.39 is 17.5 Å². The van der Waals surface area contributed by atoms with Crippen molar-refractivity contribution in [2.24, 2.45) is 0 Å². The molecule has 0 aliphatic carbocycles. The van der Waals surface area contributed by atoms with Gasteiger partial charge < -0.3 is 20.1 Å². The third-order valence-electron chi connectivity index (χ3n) is 3.15. The van der Waals surface area contributed by atoms with Crippen LogP contribution in [0.3, 0.4) is 0 Å². The molecule has 8 heteroatoms. The third-order valence-corrected chi connectivity index (χ3v) is 3.89. The fraction of sp³-hybridized carbons (Fsp3) is 0.556. The van der Waals surface area contributed by atoms with E-state index in [1.807, 2.05) is 0 Å². The van der Waals surface area contributed by atoms with Gasteiger partial charge in [-0.2, -0.15) is 0 Å². The summed E-state index contributed by atoms with van der Waals surface area (Å²) in [6.07, 6.45) is -0.191. The Hall–Kier alpha value is -1.83. The van der Waals surface area contributed by atoms with Gasteiger partial charge in [-0.3, -0.25) is 4.79 Å². The van der Waals surface area contributed by atoms with E-state index >= 15 is 0 Å². The molecule has 1 rings (SSSR count). The van der Waals surface area contributed by atoms with Crippen LogP contribution < -0.4 is 15.4 Å². The number of amides is 2. The van der Waals surface area contributed by atoms with Crippen LogP contribution in [-0.2, 0) is 16.1 Å². The SMILES string of the molecule is CCC(=O)NCc1cc(OC[C@H](C)NC(=O)OC(C)(C)C)c(F)cc1Br. The second kappa shape index (κ2) is 9.75. The van der Waals surface area contributed by atoms with Gasteiger partial charge in [-0.1, -0.05) is 22.9 Å². The summed E-state index contributed by atoms with van der Waals surface area (Å²) in [5.41, 5.74) is 0.0938. The highest BCUT2D eigenvalue weighted by molar-refractivity contribution is 9.10. The Morgan fingerprint density at radius 3 is 2.54 bits per heavy atom. The lowest BCUT2D eigenvalue weighted by Gasteiger charge is -2.22. The maximum absolute atomic E-state index is 14.1. The summed E-state index contributed by atoms with van der Waals surface area (Å²) in [5, 5.41) is 5.35. The number of hydrogen-bond donors (Lipinski definition) is 2. The molecule has 0 saturated heterocycles. The van der Waals surface area contributed by atoms with Crippen molar-refractivity contribution < 1.29 is 23.5 Å². The van der Waals surface area contributed by atoms with Gasteiger partial charge in [0, 0.05) is 17.4 Å². The van der Waals surface area contributed by atoms with Gasteiger partial charge in [0.05, 0.1) is 6.04 Å². The maximum Gasteiger partial charge on any atom is 0.407 e. The van der Waals surface area contributed by atoms with Crippen molar-refractivity contribution in [2.75, 3.05) is 6.61 Å². The van der Waals surface area contributed by atoms with Crippen LogP contribution in [0.15, 0.2) is 16.6 Å². The molecule has 0 bridgehead atoms. The average molecular weight is 433 g/mol. The first-order valence-corrected chi connectivity index (χ1v) is 9.18. The normalized spacial score (nSPS) is 12.3.